The zero-order valence-electron chi connectivity index (χ0n) is 15.6. The number of aryl methyl sites for hydroxylation is 2. The van der Waals surface area contributed by atoms with Crippen LogP contribution in [0.25, 0.3) is 0 Å². The van der Waals surface area contributed by atoms with Gasteiger partial charge in [0.25, 0.3) is 0 Å². The minimum atomic E-state index is -0.432. The Morgan fingerprint density at radius 2 is 1.78 bits per heavy atom. The van der Waals surface area contributed by atoms with Gasteiger partial charge < -0.3 is 15.0 Å². The first-order chi connectivity index (χ1) is 12.9. The van der Waals surface area contributed by atoms with Gasteiger partial charge in [0.2, 0.25) is 11.8 Å². The highest BCUT2D eigenvalue weighted by atomic mass is 16.5. The Labute approximate surface area is 158 Å². The number of nitrogens with zero attached hydrogens (tertiary/aromatic N) is 1. The largest absolute Gasteiger partial charge is 0.465 e. The lowest BCUT2D eigenvalue weighted by molar-refractivity contribution is -0.122. The van der Waals surface area contributed by atoms with Crippen molar-refractivity contribution >= 4 is 29.2 Å². The van der Waals surface area contributed by atoms with Gasteiger partial charge in [0.1, 0.15) is 0 Å². The molecule has 27 heavy (non-hydrogen) atoms. The normalized spacial score (nSPS) is 16.3. The molecule has 0 saturated carbocycles. The van der Waals surface area contributed by atoms with Crippen LogP contribution in [0.3, 0.4) is 0 Å². The van der Waals surface area contributed by atoms with Gasteiger partial charge in [-0.25, -0.2) is 4.79 Å². The zero-order chi connectivity index (χ0) is 19.6. The Bertz CT molecular complexity index is 890. The summed E-state index contributed by atoms with van der Waals surface area (Å²) in [6.45, 7) is 4.38. The first-order valence-corrected chi connectivity index (χ1v) is 8.76. The van der Waals surface area contributed by atoms with Crippen LogP contribution in [-0.2, 0) is 14.3 Å². The number of rotatable bonds is 4. The fourth-order valence-electron chi connectivity index (χ4n) is 3.08. The van der Waals surface area contributed by atoms with Crippen molar-refractivity contribution in [2.45, 2.75) is 20.3 Å². The van der Waals surface area contributed by atoms with Crippen molar-refractivity contribution < 1.29 is 19.1 Å². The molecule has 1 saturated heterocycles. The van der Waals surface area contributed by atoms with E-state index in [1.165, 1.54) is 7.11 Å². The maximum atomic E-state index is 12.6. The molecule has 0 radical (unpaired) electrons. The first-order valence-electron chi connectivity index (χ1n) is 8.76. The molecule has 1 N–H and O–H groups in total. The van der Waals surface area contributed by atoms with Crippen LogP contribution in [0.4, 0.5) is 11.4 Å². The molecule has 2 amide bonds. The van der Waals surface area contributed by atoms with Gasteiger partial charge in [-0.15, -0.1) is 0 Å². The average molecular weight is 366 g/mol. The zero-order valence-corrected chi connectivity index (χ0v) is 15.6. The number of methoxy groups -OCH3 is 1. The minimum Gasteiger partial charge on any atom is -0.465 e. The molecule has 2 aromatic carbocycles. The van der Waals surface area contributed by atoms with E-state index in [-0.39, 0.29) is 18.2 Å². The molecule has 6 nitrogen and oxygen atoms in total. The maximum absolute atomic E-state index is 12.6. The lowest BCUT2D eigenvalue weighted by atomic mass is 10.1. The molecule has 140 valence electrons. The number of hydrogen-bond donors (Lipinski definition) is 1. The van der Waals surface area contributed by atoms with E-state index < -0.39 is 11.9 Å². The molecular formula is C21H22N2O4. The Hall–Kier alpha value is -3.15. The molecule has 0 unspecified atom stereocenters. The molecule has 1 heterocycles. The van der Waals surface area contributed by atoms with Crippen LogP contribution in [0.5, 0.6) is 0 Å². The summed E-state index contributed by atoms with van der Waals surface area (Å²) in [6.07, 6.45) is 0.180. The topological polar surface area (TPSA) is 75.7 Å². The van der Waals surface area contributed by atoms with E-state index in [1.54, 1.807) is 29.2 Å². The number of hydrogen-bond acceptors (Lipinski definition) is 4. The van der Waals surface area contributed by atoms with Gasteiger partial charge >= 0.3 is 5.97 Å². The van der Waals surface area contributed by atoms with E-state index >= 15 is 0 Å². The van der Waals surface area contributed by atoms with Gasteiger partial charge in [-0.1, -0.05) is 6.07 Å². The lowest BCUT2D eigenvalue weighted by Gasteiger charge is -2.18. The highest BCUT2D eigenvalue weighted by Crippen LogP contribution is 2.27. The van der Waals surface area contributed by atoms with E-state index in [4.69, 9.17) is 0 Å². The molecule has 1 fully saturated rings. The second kappa shape index (κ2) is 7.61. The molecule has 0 bridgehead atoms. The molecule has 0 aliphatic carbocycles. The summed E-state index contributed by atoms with van der Waals surface area (Å²) in [5, 5.41) is 2.81. The summed E-state index contributed by atoms with van der Waals surface area (Å²) in [7, 11) is 1.32. The molecule has 0 spiro atoms. The van der Waals surface area contributed by atoms with Crippen molar-refractivity contribution in [3.05, 3.63) is 59.2 Å². The SMILES string of the molecule is COC(=O)c1ccc(NC(=O)[C@H]2CC(=O)N(c3ccc(C)c(C)c3)C2)cc1. The Morgan fingerprint density at radius 3 is 2.41 bits per heavy atom. The van der Waals surface area contributed by atoms with E-state index in [0.717, 1.165) is 16.8 Å². The summed E-state index contributed by atoms with van der Waals surface area (Å²) in [6, 6.07) is 12.3. The van der Waals surface area contributed by atoms with Crippen LogP contribution in [-0.4, -0.2) is 31.4 Å². The summed E-state index contributed by atoms with van der Waals surface area (Å²) in [5.41, 5.74) is 4.08. The number of carbonyl (C=O) groups excluding carboxylic acids is 3. The van der Waals surface area contributed by atoms with Crippen molar-refractivity contribution in [2.75, 3.05) is 23.9 Å². The fraction of sp³-hybridized carbons (Fsp3) is 0.286. The van der Waals surface area contributed by atoms with Gasteiger partial charge in [-0.3, -0.25) is 9.59 Å². The maximum Gasteiger partial charge on any atom is 0.337 e. The molecule has 1 atom stereocenters. The smallest absolute Gasteiger partial charge is 0.337 e. The number of benzene rings is 2. The highest BCUT2D eigenvalue weighted by Gasteiger charge is 2.35. The number of carbonyl (C=O) groups is 3. The molecular weight excluding hydrogens is 344 g/mol. The average Bonchev–Trinajstić information content (AvgIpc) is 3.06. The third kappa shape index (κ3) is 4.00. The second-order valence-electron chi connectivity index (χ2n) is 6.73. The molecule has 3 rings (SSSR count). The van der Waals surface area contributed by atoms with Gasteiger partial charge in [-0.05, 0) is 61.4 Å². The quantitative estimate of drug-likeness (QED) is 0.844. The van der Waals surface area contributed by atoms with Crippen LogP contribution >= 0.6 is 0 Å². The standard InChI is InChI=1S/C21H22N2O4/c1-13-4-9-18(10-14(13)2)23-12-16(11-19(23)24)20(25)22-17-7-5-15(6-8-17)21(26)27-3/h4-10,16H,11-12H2,1-3H3,(H,22,25)/t16-/m0/s1. The van der Waals surface area contributed by atoms with E-state index in [2.05, 4.69) is 10.1 Å². The highest BCUT2D eigenvalue weighted by molar-refractivity contribution is 6.03. The van der Waals surface area contributed by atoms with Gasteiger partial charge in [-0.2, -0.15) is 0 Å². The van der Waals surface area contributed by atoms with E-state index in [1.807, 2.05) is 32.0 Å². The van der Waals surface area contributed by atoms with Gasteiger partial charge in [0, 0.05) is 24.3 Å². The van der Waals surface area contributed by atoms with Crippen molar-refractivity contribution in [1.29, 1.82) is 0 Å². The van der Waals surface area contributed by atoms with Crippen molar-refractivity contribution in [1.82, 2.24) is 0 Å². The van der Waals surface area contributed by atoms with Crippen LogP contribution in [0, 0.1) is 19.8 Å². The van der Waals surface area contributed by atoms with Crippen LogP contribution in [0.1, 0.15) is 27.9 Å². The predicted molar refractivity (Wildman–Crippen MR) is 103 cm³/mol. The number of nitrogens with one attached hydrogen (secondary N) is 1. The van der Waals surface area contributed by atoms with E-state index in [0.29, 0.717) is 17.8 Å². The first kappa shape index (κ1) is 18.6. The third-order valence-electron chi connectivity index (χ3n) is 4.87. The Morgan fingerprint density at radius 1 is 1.07 bits per heavy atom. The predicted octanol–water partition coefficient (Wildman–Crippen LogP) is 3.08. The van der Waals surface area contributed by atoms with Crippen molar-refractivity contribution in [2.24, 2.45) is 5.92 Å². The monoisotopic (exact) mass is 366 g/mol. The van der Waals surface area contributed by atoms with Gasteiger partial charge in [0.15, 0.2) is 0 Å². The number of amides is 2. The molecule has 2 aromatic rings. The van der Waals surface area contributed by atoms with Crippen LogP contribution < -0.4 is 10.2 Å². The Balaban J connectivity index is 1.66. The number of anilines is 2. The van der Waals surface area contributed by atoms with Crippen molar-refractivity contribution in [3.63, 3.8) is 0 Å². The Kier molecular flexibility index (Phi) is 5.26. The summed E-state index contributed by atoms with van der Waals surface area (Å²) >= 11 is 0. The number of ether oxygens (including phenoxy) is 1. The number of esters is 1. The summed E-state index contributed by atoms with van der Waals surface area (Å²) < 4.78 is 4.65. The molecule has 1 aliphatic heterocycles. The summed E-state index contributed by atoms with van der Waals surface area (Å²) in [5.74, 6) is -1.11. The third-order valence-corrected chi connectivity index (χ3v) is 4.87. The summed E-state index contributed by atoms with van der Waals surface area (Å²) in [4.78, 5) is 38.1. The lowest BCUT2D eigenvalue weighted by Crippen LogP contribution is -2.28. The molecule has 6 heteroatoms. The molecule has 0 aromatic heterocycles. The van der Waals surface area contributed by atoms with E-state index in [9.17, 15) is 14.4 Å². The van der Waals surface area contributed by atoms with Gasteiger partial charge in [0.05, 0.1) is 18.6 Å². The molecule has 1 aliphatic rings. The minimum absolute atomic E-state index is 0.0561. The van der Waals surface area contributed by atoms with Crippen LogP contribution in [0.15, 0.2) is 42.5 Å². The van der Waals surface area contributed by atoms with Crippen molar-refractivity contribution in [3.8, 4) is 0 Å². The fourth-order valence-corrected chi connectivity index (χ4v) is 3.08. The second-order valence-corrected chi connectivity index (χ2v) is 6.73. The van der Waals surface area contributed by atoms with Crippen LogP contribution in [0.2, 0.25) is 0 Å².